The summed E-state index contributed by atoms with van der Waals surface area (Å²) >= 11 is 0. The van der Waals surface area contributed by atoms with E-state index in [0.29, 0.717) is 36.7 Å². The molecule has 110 valence electrons. The summed E-state index contributed by atoms with van der Waals surface area (Å²) in [5, 5.41) is 2.96. The Kier molecular flexibility index (Phi) is 3.86. The second kappa shape index (κ2) is 5.78. The van der Waals surface area contributed by atoms with Gasteiger partial charge in [0.1, 0.15) is 0 Å². The van der Waals surface area contributed by atoms with Crippen LogP contribution in [0.1, 0.15) is 26.2 Å². The third-order valence-corrected chi connectivity index (χ3v) is 3.84. The van der Waals surface area contributed by atoms with E-state index in [1.165, 1.54) is 6.42 Å². The Bertz CT molecular complexity index is 470. The van der Waals surface area contributed by atoms with Gasteiger partial charge in [0.05, 0.1) is 25.4 Å². The molecule has 1 aromatic heterocycles. The third kappa shape index (κ3) is 2.49. The van der Waals surface area contributed by atoms with E-state index < -0.39 is 0 Å². The highest BCUT2D eigenvalue weighted by Crippen LogP contribution is 2.32. The van der Waals surface area contributed by atoms with Crippen molar-refractivity contribution in [3.8, 4) is 6.01 Å². The fraction of sp³-hybridized carbons (Fsp3) is 0.769. The Morgan fingerprint density at radius 3 is 3.05 bits per heavy atom. The van der Waals surface area contributed by atoms with Crippen LogP contribution in [0.3, 0.4) is 0 Å². The third-order valence-electron chi connectivity index (χ3n) is 3.84. The van der Waals surface area contributed by atoms with Crippen LogP contribution in [0, 0.1) is 0 Å². The van der Waals surface area contributed by atoms with Crippen molar-refractivity contribution in [2.45, 2.75) is 38.3 Å². The average molecular weight is 279 g/mol. The molecule has 0 spiro atoms. The van der Waals surface area contributed by atoms with Gasteiger partial charge in [-0.05, 0) is 26.2 Å². The van der Waals surface area contributed by atoms with Crippen molar-refractivity contribution in [2.75, 3.05) is 37.0 Å². The Morgan fingerprint density at radius 1 is 1.35 bits per heavy atom. The largest absolute Gasteiger partial charge is 0.464 e. The van der Waals surface area contributed by atoms with Gasteiger partial charge in [-0.1, -0.05) is 0 Å². The predicted octanol–water partition coefficient (Wildman–Crippen LogP) is 1.07. The monoisotopic (exact) mass is 279 g/mol. The maximum absolute atomic E-state index is 5.83. The first-order valence-corrected chi connectivity index (χ1v) is 7.26. The van der Waals surface area contributed by atoms with E-state index in [1.807, 2.05) is 6.92 Å². The zero-order chi connectivity index (χ0) is 13.9. The molecule has 1 aliphatic heterocycles. The minimum Gasteiger partial charge on any atom is -0.464 e. The molecule has 0 bridgehead atoms. The van der Waals surface area contributed by atoms with Crippen LogP contribution < -0.4 is 15.0 Å². The number of morpholine rings is 1. The highest BCUT2D eigenvalue weighted by molar-refractivity contribution is 5.40. The summed E-state index contributed by atoms with van der Waals surface area (Å²) in [6.45, 7) is 4.01. The van der Waals surface area contributed by atoms with Crippen LogP contribution in [0.15, 0.2) is 0 Å². The standard InChI is InChI=1S/C13H21N5O2/c1-3-19-13-16-11(14-2)15-12(17-13)18-7-8-20-10-6-4-5-9(10)18/h9-10H,3-8H2,1-2H3,(H,14,15,16,17). The lowest BCUT2D eigenvalue weighted by Gasteiger charge is -2.37. The first-order chi connectivity index (χ1) is 9.81. The van der Waals surface area contributed by atoms with E-state index in [-0.39, 0.29) is 0 Å². The molecule has 0 amide bonds. The molecule has 0 aromatic carbocycles. The van der Waals surface area contributed by atoms with Gasteiger partial charge in [-0.3, -0.25) is 0 Å². The van der Waals surface area contributed by atoms with Crippen LogP contribution in [-0.2, 0) is 4.74 Å². The molecular formula is C13H21N5O2. The molecule has 1 aliphatic carbocycles. The minimum absolute atomic E-state index is 0.314. The smallest absolute Gasteiger partial charge is 0.323 e. The Hall–Kier alpha value is -1.63. The maximum atomic E-state index is 5.83. The molecule has 1 saturated heterocycles. The van der Waals surface area contributed by atoms with Crippen molar-refractivity contribution in [3.05, 3.63) is 0 Å². The molecule has 1 saturated carbocycles. The average Bonchev–Trinajstić information content (AvgIpc) is 2.95. The maximum Gasteiger partial charge on any atom is 0.323 e. The van der Waals surface area contributed by atoms with E-state index in [2.05, 4.69) is 25.2 Å². The summed E-state index contributed by atoms with van der Waals surface area (Å²) in [5.41, 5.74) is 0. The van der Waals surface area contributed by atoms with Gasteiger partial charge in [0.25, 0.3) is 0 Å². The summed E-state index contributed by atoms with van der Waals surface area (Å²) in [6.07, 6.45) is 3.78. The normalized spacial score (nSPS) is 25.4. The summed E-state index contributed by atoms with van der Waals surface area (Å²) in [7, 11) is 1.80. The quantitative estimate of drug-likeness (QED) is 0.883. The van der Waals surface area contributed by atoms with E-state index in [0.717, 1.165) is 26.0 Å². The van der Waals surface area contributed by atoms with Crippen LogP contribution in [0.4, 0.5) is 11.9 Å². The molecule has 2 heterocycles. The number of rotatable bonds is 4. The molecule has 2 aliphatic rings. The fourth-order valence-corrected chi connectivity index (χ4v) is 2.95. The molecule has 3 rings (SSSR count). The number of nitrogens with zero attached hydrogens (tertiary/aromatic N) is 4. The molecule has 1 N–H and O–H groups in total. The second-order valence-electron chi connectivity index (χ2n) is 5.03. The van der Waals surface area contributed by atoms with Gasteiger partial charge in [0.15, 0.2) is 0 Å². The van der Waals surface area contributed by atoms with Crippen molar-refractivity contribution >= 4 is 11.9 Å². The van der Waals surface area contributed by atoms with Crippen molar-refractivity contribution in [1.82, 2.24) is 15.0 Å². The van der Waals surface area contributed by atoms with E-state index in [1.54, 1.807) is 7.05 Å². The van der Waals surface area contributed by atoms with Gasteiger partial charge in [0, 0.05) is 13.6 Å². The van der Waals surface area contributed by atoms with Crippen LogP contribution in [-0.4, -0.2) is 53.9 Å². The molecule has 2 atom stereocenters. The highest BCUT2D eigenvalue weighted by atomic mass is 16.5. The van der Waals surface area contributed by atoms with Crippen molar-refractivity contribution in [3.63, 3.8) is 0 Å². The number of aromatic nitrogens is 3. The predicted molar refractivity (Wildman–Crippen MR) is 75.3 cm³/mol. The molecule has 7 nitrogen and oxygen atoms in total. The molecule has 7 heteroatoms. The Morgan fingerprint density at radius 2 is 2.25 bits per heavy atom. The minimum atomic E-state index is 0.314. The molecular weight excluding hydrogens is 258 g/mol. The summed E-state index contributed by atoms with van der Waals surface area (Å²) in [4.78, 5) is 15.4. The Labute approximate surface area is 118 Å². The lowest BCUT2D eigenvalue weighted by molar-refractivity contribution is 0.0249. The van der Waals surface area contributed by atoms with Crippen LogP contribution in [0.25, 0.3) is 0 Å². The number of hydrogen-bond acceptors (Lipinski definition) is 7. The number of anilines is 2. The molecule has 2 unspecified atom stereocenters. The van der Waals surface area contributed by atoms with Crippen molar-refractivity contribution < 1.29 is 9.47 Å². The van der Waals surface area contributed by atoms with Gasteiger partial charge in [-0.25, -0.2) is 0 Å². The van der Waals surface area contributed by atoms with Crippen LogP contribution in [0.2, 0.25) is 0 Å². The van der Waals surface area contributed by atoms with Gasteiger partial charge in [0.2, 0.25) is 11.9 Å². The van der Waals surface area contributed by atoms with Gasteiger partial charge < -0.3 is 19.7 Å². The number of hydrogen-bond donors (Lipinski definition) is 1. The number of nitrogens with one attached hydrogen (secondary N) is 1. The first kappa shape index (κ1) is 13.4. The first-order valence-electron chi connectivity index (χ1n) is 7.26. The second-order valence-corrected chi connectivity index (χ2v) is 5.03. The van der Waals surface area contributed by atoms with E-state index >= 15 is 0 Å². The SMILES string of the molecule is CCOc1nc(NC)nc(N2CCOC3CCCC32)n1. The zero-order valence-electron chi connectivity index (χ0n) is 12.0. The fourth-order valence-electron chi connectivity index (χ4n) is 2.95. The topological polar surface area (TPSA) is 72.4 Å². The molecule has 2 fully saturated rings. The van der Waals surface area contributed by atoms with Crippen molar-refractivity contribution in [2.24, 2.45) is 0 Å². The van der Waals surface area contributed by atoms with Gasteiger partial charge in [-0.2, -0.15) is 15.0 Å². The highest BCUT2D eigenvalue weighted by Gasteiger charge is 2.37. The lowest BCUT2D eigenvalue weighted by Crippen LogP contribution is -2.49. The molecule has 20 heavy (non-hydrogen) atoms. The number of fused-ring (bicyclic) bond motifs is 1. The van der Waals surface area contributed by atoms with Crippen LogP contribution in [0.5, 0.6) is 6.01 Å². The van der Waals surface area contributed by atoms with Gasteiger partial charge in [-0.15, -0.1) is 0 Å². The Balaban J connectivity index is 1.89. The van der Waals surface area contributed by atoms with E-state index in [9.17, 15) is 0 Å². The summed E-state index contributed by atoms with van der Waals surface area (Å²) < 4.78 is 11.3. The van der Waals surface area contributed by atoms with Crippen LogP contribution >= 0.6 is 0 Å². The molecule has 1 aromatic rings. The van der Waals surface area contributed by atoms with Crippen molar-refractivity contribution in [1.29, 1.82) is 0 Å². The zero-order valence-corrected chi connectivity index (χ0v) is 12.0. The number of ether oxygens (including phenoxy) is 2. The van der Waals surface area contributed by atoms with E-state index in [4.69, 9.17) is 9.47 Å². The lowest BCUT2D eigenvalue weighted by atomic mass is 10.1. The summed E-state index contributed by atoms with van der Waals surface area (Å²) in [5.74, 6) is 1.23. The summed E-state index contributed by atoms with van der Waals surface area (Å²) in [6, 6.07) is 0.758. The molecule has 0 radical (unpaired) electrons. The van der Waals surface area contributed by atoms with Gasteiger partial charge >= 0.3 is 6.01 Å².